The number of nitrogens with two attached hydrogens (primary N) is 1. The van der Waals surface area contributed by atoms with E-state index in [0.717, 1.165) is 21.9 Å². The SMILES string of the molecule is CC1(C)OC(=O)[C@H]([C@@H](Cc2ccc3ccccc3c2)C(=O)NC(=O)[C@@H](N)Cc2ccc(O)cc2)O1. The molecule has 0 unspecified atom stereocenters. The molecule has 3 aromatic carbocycles. The molecule has 4 N–H and O–H groups in total. The Morgan fingerprint density at radius 1 is 0.971 bits per heavy atom. The number of ether oxygens (including phenoxy) is 2. The summed E-state index contributed by atoms with van der Waals surface area (Å²) in [5.74, 6) is -4.07. The second-order valence-corrected chi connectivity index (χ2v) is 9.18. The van der Waals surface area contributed by atoms with Crippen molar-refractivity contribution in [2.45, 2.75) is 44.6 Å². The number of hydrogen-bond donors (Lipinski definition) is 3. The number of aromatic hydroxyl groups is 1. The number of hydrogen-bond acceptors (Lipinski definition) is 7. The molecule has 0 saturated carbocycles. The standard InChI is InChI=1S/C27H28N2O6/c1-27(2)34-23(26(33)35-27)21(14-17-7-10-18-5-3-4-6-19(18)13-17)24(31)29-25(32)22(28)15-16-8-11-20(30)12-9-16/h3-13,21-23,30H,14-15,28H2,1-2H3,(H,29,31,32)/t21-,22+,23+/m1/s1. The molecule has 8 nitrogen and oxygen atoms in total. The van der Waals surface area contributed by atoms with Crippen LogP contribution in [0.5, 0.6) is 5.75 Å². The maximum Gasteiger partial charge on any atom is 0.338 e. The summed E-state index contributed by atoms with van der Waals surface area (Å²) in [7, 11) is 0. The monoisotopic (exact) mass is 476 g/mol. The summed E-state index contributed by atoms with van der Waals surface area (Å²) in [5.41, 5.74) is 7.57. The van der Waals surface area contributed by atoms with Crippen molar-refractivity contribution in [1.82, 2.24) is 5.32 Å². The lowest BCUT2D eigenvalue weighted by Gasteiger charge is -2.22. The summed E-state index contributed by atoms with van der Waals surface area (Å²) in [6.45, 7) is 3.18. The summed E-state index contributed by atoms with van der Waals surface area (Å²) in [6.07, 6.45) is -0.839. The van der Waals surface area contributed by atoms with Crippen molar-refractivity contribution < 1.29 is 29.0 Å². The van der Waals surface area contributed by atoms with E-state index in [1.807, 2.05) is 42.5 Å². The van der Waals surface area contributed by atoms with Crippen LogP contribution in [-0.2, 0) is 36.7 Å². The van der Waals surface area contributed by atoms with Crippen molar-refractivity contribution >= 4 is 28.6 Å². The lowest BCUT2D eigenvalue weighted by Crippen LogP contribution is -2.49. The molecule has 0 aliphatic carbocycles. The number of imide groups is 1. The van der Waals surface area contributed by atoms with Gasteiger partial charge in [0, 0.05) is 13.8 Å². The lowest BCUT2D eigenvalue weighted by atomic mass is 9.91. The summed E-state index contributed by atoms with van der Waals surface area (Å²) in [6, 6.07) is 18.9. The van der Waals surface area contributed by atoms with Crippen LogP contribution < -0.4 is 11.1 Å². The van der Waals surface area contributed by atoms with Gasteiger partial charge in [0.2, 0.25) is 17.6 Å². The maximum atomic E-state index is 13.3. The number of phenolic OH excluding ortho intramolecular Hbond substituents is 1. The van der Waals surface area contributed by atoms with Gasteiger partial charge in [0.25, 0.3) is 0 Å². The first-order chi connectivity index (χ1) is 16.6. The number of fused-ring (bicyclic) bond motifs is 1. The van der Waals surface area contributed by atoms with Gasteiger partial charge in [-0.15, -0.1) is 0 Å². The van der Waals surface area contributed by atoms with Crippen molar-refractivity contribution in [1.29, 1.82) is 0 Å². The predicted octanol–water partition coefficient (Wildman–Crippen LogP) is 2.60. The molecular weight excluding hydrogens is 448 g/mol. The predicted molar refractivity (Wildman–Crippen MR) is 129 cm³/mol. The van der Waals surface area contributed by atoms with Gasteiger partial charge in [0.1, 0.15) is 5.75 Å². The summed E-state index contributed by atoms with van der Waals surface area (Å²) >= 11 is 0. The second-order valence-electron chi connectivity index (χ2n) is 9.18. The van der Waals surface area contributed by atoms with Gasteiger partial charge in [0.05, 0.1) is 12.0 Å². The number of rotatable bonds is 7. The number of amides is 2. The van der Waals surface area contributed by atoms with Gasteiger partial charge in [0.15, 0.2) is 6.10 Å². The van der Waals surface area contributed by atoms with E-state index in [2.05, 4.69) is 5.32 Å². The van der Waals surface area contributed by atoms with Crippen LogP contribution in [-0.4, -0.2) is 40.8 Å². The summed E-state index contributed by atoms with van der Waals surface area (Å²) in [4.78, 5) is 38.5. The molecule has 2 amide bonds. The largest absolute Gasteiger partial charge is 0.508 e. The molecular formula is C27H28N2O6. The van der Waals surface area contributed by atoms with Gasteiger partial charge >= 0.3 is 5.97 Å². The normalized spacial score (nSPS) is 18.6. The fourth-order valence-corrected chi connectivity index (χ4v) is 4.17. The van der Waals surface area contributed by atoms with Crippen molar-refractivity contribution in [3.05, 3.63) is 77.9 Å². The highest BCUT2D eigenvalue weighted by Gasteiger charge is 2.48. The minimum absolute atomic E-state index is 0.102. The fraction of sp³-hybridized carbons (Fsp3) is 0.296. The molecule has 1 saturated heterocycles. The Hall–Kier alpha value is -3.75. The van der Waals surface area contributed by atoms with E-state index in [4.69, 9.17) is 15.2 Å². The highest BCUT2D eigenvalue weighted by molar-refractivity contribution is 6.00. The van der Waals surface area contributed by atoms with E-state index in [9.17, 15) is 19.5 Å². The highest BCUT2D eigenvalue weighted by atomic mass is 16.8. The average molecular weight is 477 g/mol. The van der Waals surface area contributed by atoms with Gasteiger partial charge in [-0.2, -0.15) is 0 Å². The van der Waals surface area contributed by atoms with Crippen molar-refractivity contribution in [3.8, 4) is 5.75 Å². The molecule has 0 aromatic heterocycles. The van der Waals surface area contributed by atoms with E-state index in [1.54, 1.807) is 26.0 Å². The van der Waals surface area contributed by atoms with Crippen molar-refractivity contribution in [3.63, 3.8) is 0 Å². The minimum atomic E-state index is -1.18. The van der Waals surface area contributed by atoms with E-state index in [-0.39, 0.29) is 18.6 Å². The number of carbonyl (C=O) groups excluding carboxylic acids is 3. The molecule has 35 heavy (non-hydrogen) atoms. The van der Waals surface area contributed by atoms with Crippen LogP contribution in [0.1, 0.15) is 25.0 Å². The molecule has 0 radical (unpaired) electrons. The molecule has 0 spiro atoms. The van der Waals surface area contributed by atoms with Crippen LogP contribution in [0, 0.1) is 5.92 Å². The van der Waals surface area contributed by atoms with E-state index < -0.39 is 41.6 Å². The summed E-state index contributed by atoms with van der Waals surface area (Å²) in [5, 5.41) is 13.8. The Labute approximate surface area is 203 Å². The molecule has 1 aliphatic heterocycles. The first-order valence-corrected chi connectivity index (χ1v) is 11.4. The highest BCUT2D eigenvalue weighted by Crippen LogP contribution is 2.30. The Balaban J connectivity index is 1.52. The molecule has 1 fully saturated rings. The third kappa shape index (κ3) is 5.85. The van der Waals surface area contributed by atoms with Gasteiger partial charge in [-0.25, -0.2) is 4.79 Å². The molecule has 1 aliphatic rings. The van der Waals surface area contributed by atoms with Crippen molar-refractivity contribution in [2.75, 3.05) is 0 Å². The maximum absolute atomic E-state index is 13.3. The third-order valence-electron chi connectivity index (χ3n) is 5.94. The zero-order chi connectivity index (χ0) is 25.2. The van der Waals surface area contributed by atoms with E-state index >= 15 is 0 Å². The smallest absolute Gasteiger partial charge is 0.338 e. The van der Waals surface area contributed by atoms with Gasteiger partial charge in [-0.1, -0.05) is 54.6 Å². The van der Waals surface area contributed by atoms with Crippen LogP contribution >= 0.6 is 0 Å². The number of cyclic esters (lactones) is 1. The lowest BCUT2D eigenvalue weighted by molar-refractivity contribution is -0.162. The number of phenols is 1. The van der Waals surface area contributed by atoms with Crippen LogP contribution in [0.2, 0.25) is 0 Å². The van der Waals surface area contributed by atoms with Gasteiger partial charge < -0.3 is 20.3 Å². The van der Waals surface area contributed by atoms with Gasteiger partial charge in [-0.05, 0) is 46.9 Å². The van der Waals surface area contributed by atoms with Crippen LogP contribution in [0.25, 0.3) is 10.8 Å². The Morgan fingerprint density at radius 3 is 2.29 bits per heavy atom. The number of benzene rings is 3. The van der Waals surface area contributed by atoms with Crippen LogP contribution in [0.15, 0.2) is 66.7 Å². The first-order valence-electron chi connectivity index (χ1n) is 11.4. The third-order valence-corrected chi connectivity index (χ3v) is 5.94. The number of carbonyl (C=O) groups is 3. The molecule has 8 heteroatoms. The molecule has 0 bridgehead atoms. The molecule has 4 rings (SSSR count). The molecule has 3 aromatic rings. The molecule has 3 atom stereocenters. The Bertz CT molecular complexity index is 1250. The topological polar surface area (TPSA) is 128 Å². The average Bonchev–Trinajstić information content (AvgIpc) is 3.10. The number of nitrogens with one attached hydrogen (secondary N) is 1. The Morgan fingerprint density at radius 2 is 1.63 bits per heavy atom. The quantitative estimate of drug-likeness (QED) is 0.447. The van der Waals surface area contributed by atoms with E-state index in [0.29, 0.717) is 0 Å². The van der Waals surface area contributed by atoms with E-state index in [1.165, 1.54) is 12.1 Å². The second kappa shape index (κ2) is 9.85. The number of esters is 1. The van der Waals surface area contributed by atoms with Crippen molar-refractivity contribution in [2.24, 2.45) is 11.7 Å². The summed E-state index contributed by atoms with van der Waals surface area (Å²) < 4.78 is 11.0. The van der Waals surface area contributed by atoms with Crippen LogP contribution in [0.3, 0.4) is 0 Å². The zero-order valence-corrected chi connectivity index (χ0v) is 19.6. The molecule has 182 valence electrons. The zero-order valence-electron chi connectivity index (χ0n) is 19.6. The fourth-order valence-electron chi connectivity index (χ4n) is 4.17. The first kappa shape index (κ1) is 24.4. The molecule has 1 heterocycles. The van der Waals surface area contributed by atoms with Crippen LogP contribution in [0.4, 0.5) is 0 Å². The Kier molecular flexibility index (Phi) is 6.86. The minimum Gasteiger partial charge on any atom is -0.508 e. The van der Waals surface area contributed by atoms with Gasteiger partial charge in [-0.3, -0.25) is 14.9 Å².